The molecule has 0 radical (unpaired) electrons. The van der Waals surface area contributed by atoms with Gasteiger partial charge in [0.2, 0.25) is 0 Å². The number of rotatable bonds is 3. The van der Waals surface area contributed by atoms with E-state index in [0.717, 1.165) is 11.3 Å². The summed E-state index contributed by atoms with van der Waals surface area (Å²) in [5.41, 5.74) is 9.34. The van der Waals surface area contributed by atoms with Gasteiger partial charge in [-0.1, -0.05) is 17.7 Å². The van der Waals surface area contributed by atoms with Gasteiger partial charge in [-0.15, -0.1) is 5.10 Å². The number of benzene rings is 2. The molecule has 106 valence electrons. The summed E-state index contributed by atoms with van der Waals surface area (Å²) < 4.78 is 6.93. The maximum absolute atomic E-state index is 5.84. The van der Waals surface area contributed by atoms with E-state index < -0.39 is 0 Å². The topological polar surface area (TPSA) is 78.9 Å². The lowest BCUT2D eigenvalue weighted by molar-refractivity contribution is 0.417. The second kappa shape index (κ2) is 5.24. The van der Waals surface area contributed by atoms with Crippen LogP contribution >= 0.6 is 0 Å². The monoisotopic (exact) mass is 281 g/mol. The standard InChI is InChI=1S/C15H15N5O/c1-10-3-6-12(7-4-10)20-15(17-18-19-20)11-5-8-13(16)14(9-11)21-2/h3-9H,16H2,1-2H3. The number of hydrogen-bond donors (Lipinski definition) is 1. The van der Waals surface area contributed by atoms with E-state index >= 15 is 0 Å². The molecule has 21 heavy (non-hydrogen) atoms. The van der Waals surface area contributed by atoms with Crippen LogP contribution in [0.5, 0.6) is 5.75 Å². The van der Waals surface area contributed by atoms with Crippen molar-refractivity contribution in [2.45, 2.75) is 6.92 Å². The summed E-state index contributed by atoms with van der Waals surface area (Å²) in [6.45, 7) is 2.04. The van der Waals surface area contributed by atoms with E-state index in [2.05, 4.69) is 15.5 Å². The first-order chi connectivity index (χ1) is 10.2. The summed E-state index contributed by atoms with van der Waals surface area (Å²) in [6, 6.07) is 13.5. The van der Waals surface area contributed by atoms with Crippen LogP contribution in [0.15, 0.2) is 42.5 Å². The molecule has 6 heteroatoms. The molecular weight excluding hydrogens is 266 g/mol. The summed E-state index contributed by atoms with van der Waals surface area (Å²) in [5.74, 6) is 1.24. The largest absolute Gasteiger partial charge is 0.495 e. The Morgan fingerprint density at radius 3 is 2.57 bits per heavy atom. The average molecular weight is 281 g/mol. The summed E-state index contributed by atoms with van der Waals surface area (Å²) in [6.07, 6.45) is 0. The van der Waals surface area contributed by atoms with Crippen molar-refractivity contribution in [1.82, 2.24) is 20.2 Å². The number of aromatic nitrogens is 4. The Kier molecular flexibility index (Phi) is 3.27. The van der Waals surface area contributed by atoms with Crippen molar-refractivity contribution in [2.24, 2.45) is 0 Å². The normalized spacial score (nSPS) is 10.6. The van der Waals surface area contributed by atoms with Crippen LogP contribution in [-0.4, -0.2) is 27.3 Å². The number of hydrogen-bond acceptors (Lipinski definition) is 5. The van der Waals surface area contributed by atoms with Crippen molar-refractivity contribution < 1.29 is 4.74 Å². The second-order valence-corrected chi connectivity index (χ2v) is 4.71. The number of nitrogens with two attached hydrogens (primary N) is 1. The lowest BCUT2D eigenvalue weighted by Crippen LogP contribution is -2.00. The zero-order valence-electron chi connectivity index (χ0n) is 11.8. The molecule has 6 nitrogen and oxygen atoms in total. The maximum Gasteiger partial charge on any atom is 0.187 e. The summed E-state index contributed by atoms with van der Waals surface area (Å²) >= 11 is 0. The zero-order valence-corrected chi connectivity index (χ0v) is 11.8. The molecule has 2 aromatic carbocycles. The highest BCUT2D eigenvalue weighted by molar-refractivity contribution is 5.66. The van der Waals surface area contributed by atoms with Crippen molar-refractivity contribution in [3.8, 4) is 22.8 Å². The number of aryl methyl sites for hydroxylation is 1. The smallest absolute Gasteiger partial charge is 0.187 e. The van der Waals surface area contributed by atoms with Crippen LogP contribution in [0.1, 0.15) is 5.56 Å². The van der Waals surface area contributed by atoms with E-state index in [0.29, 0.717) is 17.3 Å². The minimum atomic E-state index is 0.579. The van der Waals surface area contributed by atoms with Crippen LogP contribution < -0.4 is 10.5 Å². The molecule has 0 aliphatic rings. The van der Waals surface area contributed by atoms with E-state index in [1.54, 1.807) is 17.9 Å². The SMILES string of the molecule is COc1cc(-c2nnnn2-c2ccc(C)cc2)ccc1N. The predicted molar refractivity (Wildman–Crippen MR) is 80.3 cm³/mol. The van der Waals surface area contributed by atoms with Crippen LogP contribution in [0.2, 0.25) is 0 Å². The molecule has 0 unspecified atom stereocenters. The summed E-state index contributed by atoms with van der Waals surface area (Å²) in [5, 5.41) is 11.9. The molecule has 0 saturated heterocycles. The molecule has 0 atom stereocenters. The fourth-order valence-corrected chi connectivity index (χ4v) is 2.08. The highest BCUT2D eigenvalue weighted by Crippen LogP contribution is 2.28. The first-order valence-electron chi connectivity index (χ1n) is 6.48. The molecule has 0 spiro atoms. The van der Waals surface area contributed by atoms with Crippen LogP contribution in [0.4, 0.5) is 5.69 Å². The van der Waals surface area contributed by atoms with E-state index in [-0.39, 0.29) is 0 Å². The van der Waals surface area contributed by atoms with Crippen LogP contribution in [0.25, 0.3) is 17.1 Å². The van der Waals surface area contributed by atoms with Gasteiger partial charge in [0.1, 0.15) is 5.75 Å². The Bertz CT molecular complexity index is 764. The fourth-order valence-electron chi connectivity index (χ4n) is 2.08. The van der Waals surface area contributed by atoms with E-state index in [9.17, 15) is 0 Å². The molecule has 0 aliphatic carbocycles. The molecule has 1 aromatic heterocycles. The Labute approximate surface area is 122 Å². The molecule has 2 N–H and O–H groups in total. The van der Waals surface area contributed by atoms with Gasteiger partial charge in [-0.05, 0) is 47.7 Å². The average Bonchev–Trinajstić information content (AvgIpc) is 2.98. The van der Waals surface area contributed by atoms with Crippen molar-refractivity contribution in [3.05, 3.63) is 48.0 Å². The van der Waals surface area contributed by atoms with Gasteiger partial charge in [0.15, 0.2) is 5.82 Å². The molecular formula is C15H15N5O. The van der Waals surface area contributed by atoms with Gasteiger partial charge in [-0.3, -0.25) is 0 Å². The van der Waals surface area contributed by atoms with Crippen molar-refractivity contribution in [3.63, 3.8) is 0 Å². The molecule has 0 bridgehead atoms. The molecule has 3 aromatic rings. The molecule has 1 heterocycles. The van der Waals surface area contributed by atoms with Crippen molar-refractivity contribution in [1.29, 1.82) is 0 Å². The minimum absolute atomic E-state index is 0.579. The Hall–Kier alpha value is -2.89. The predicted octanol–water partition coefficient (Wildman–Crippen LogP) is 2.23. The number of methoxy groups -OCH3 is 1. The number of ether oxygens (including phenoxy) is 1. The van der Waals surface area contributed by atoms with E-state index in [1.807, 2.05) is 43.3 Å². The Balaban J connectivity index is 2.08. The van der Waals surface area contributed by atoms with Crippen LogP contribution in [0, 0.1) is 6.92 Å². The third-order valence-corrected chi connectivity index (χ3v) is 3.24. The van der Waals surface area contributed by atoms with Gasteiger partial charge in [0.25, 0.3) is 0 Å². The summed E-state index contributed by atoms with van der Waals surface area (Å²) in [4.78, 5) is 0. The number of anilines is 1. The molecule has 0 saturated carbocycles. The second-order valence-electron chi connectivity index (χ2n) is 4.71. The van der Waals surface area contributed by atoms with E-state index in [1.165, 1.54) is 5.56 Å². The first-order valence-corrected chi connectivity index (χ1v) is 6.48. The molecule has 3 rings (SSSR count). The maximum atomic E-state index is 5.84. The van der Waals surface area contributed by atoms with Crippen molar-refractivity contribution in [2.75, 3.05) is 12.8 Å². The fraction of sp³-hybridized carbons (Fsp3) is 0.133. The lowest BCUT2D eigenvalue weighted by atomic mass is 10.1. The minimum Gasteiger partial charge on any atom is -0.495 e. The van der Waals surface area contributed by atoms with Crippen molar-refractivity contribution >= 4 is 5.69 Å². The Morgan fingerprint density at radius 1 is 1.10 bits per heavy atom. The summed E-state index contributed by atoms with van der Waals surface area (Å²) in [7, 11) is 1.58. The zero-order chi connectivity index (χ0) is 14.8. The van der Waals surface area contributed by atoms with Gasteiger partial charge in [-0.25, -0.2) is 0 Å². The molecule has 0 fully saturated rings. The number of nitrogens with zero attached hydrogens (tertiary/aromatic N) is 4. The third-order valence-electron chi connectivity index (χ3n) is 3.24. The van der Waals surface area contributed by atoms with Crippen LogP contribution in [0.3, 0.4) is 0 Å². The van der Waals surface area contributed by atoms with Gasteiger partial charge in [0.05, 0.1) is 18.5 Å². The molecule has 0 aliphatic heterocycles. The van der Waals surface area contributed by atoms with Crippen LogP contribution in [-0.2, 0) is 0 Å². The number of tetrazole rings is 1. The highest BCUT2D eigenvalue weighted by Gasteiger charge is 2.12. The quantitative estimate of drug-likeness (QED) is 0.745. The van der Waals surface area contributed by atoms with Gasteiger partial charge < -0.3 is 10.5 Å². The van der Waals surface area contributed by atoms with Gasteiger partial charge >= 0.3 is 0 Å². The Morgan fingerprint density at radius 2 is 1.86 bits per heavy atom. The first kappa shape index (κ1) is 13.1. The number of nitrogen functional groups attached to an aromatic ring is 1. The van der Waals surface area contributed by atoms with Gasteiger partial charge in [-0.2, -0.15) is 4.68 Å². The third kappa shape index (κ3) is 2.43. The molecule has 0 amide bonds. The van der Waals surface area contributed by atoms with Gasteiger partial charge in [0, 0.05) is 5.56 Å². The highest BCUT2D eigenvalue weighted by atomic mass is 16.5. The van der Waals surface area contributed by atoms with E-state index in [4.69, 9.17) is 10.5 Å². The lowest BCUT2D eigenvalue weighted by Gasteiger charge is -2.08.